The highest BCUT2D eigenvalue weighted by Gasteiger charge is 2.15. The van der Waals surface area contributed by atoms with Crippen LogP contribution in [0.1, 0.15) is 5.56 Å². The Hall–Kier alpha value is -1.73. The van der Waals surface area contributed by atoms with Gasteiger partial charge in [0.1, 0.15) is 0 Å². The minimum Gasteiger partial charge on any atom is -0.337 e. The predicted molar refractivity (Wildman–Crippen MR) is 70.2 cm³/mol. The molecule has 5 N–H and O–H groups in total. The zero-order valence-electron chi connectivity index (χ0n) is 9.66. The first kappa shape index (κ1) is 12.7. The Morgan fingerprint density at radius 2 is 2.33 bits per heavy atom. The van der Waals surface area contributed by atoms with Crippen molar-refractivity contribution in [3.63, 3.8) is 0 Å². The molecule has 0 bridgehead atoms. The first-order valence-corrected chi connectivity index (χ1v) is 6.47. The Morgan fingerprint density at radius 3 is 3.11 bits per heavy atom. The Bertz CT molecular complexity index is 478. The molecule has 96 valence electrons. The van der Waals surface area contributed by atoms with Crippen LogP contribution in [-0.2, 0) is 11.2 Å². The van der Waals surface area contributed by atoms with E-state index in [-0.39, 0.29) is 5.91 Å². The average Bonchev–Trinajstić information content (AvgIpc) is 2.38. The first-order valence-electron chi connectivity index (χ1n) is 5.49. The van der Waals surface area contributed by atoms with Crippen LogP contribution in [0.4, 0.5) is 10.5 Å². The second-order valence-corrected chi connectivity index (χ2v) is 4.83. The number of amides is 3. The Balaban J connectivity index is 1.96. The Labute approximate surface area is 109 Å². The molecule has 0 saturated heterocycles. The zero-order valence-corrected chi connectivity index (χ0v) is 10.5. The van der Waals surface area contributed by atoms with E-state index in [9.17, 15) is 9.59 Å². The van der Waals surface area contributed by atoms with Crippen molar-refractivity contribution in [1.82, 2.24) is 10.7 Å². The molecule has 1 aromatic carbocycles. The van der Waals surface area contributed by atoms with Gasteiger partial charge in [0.2, 0.25) is 5.91 Å². The Kier molecular flexibility index (Phi) is 4.06. The molecular weight excluding hydrogens is 252 g/mol. The highest BCUT2D eigenvalue weighted by molar-refractivity contribution is 8.00. The molecule has 2 rings (SSSR count). The van der Waals surface area contributed by atoms with Gasteiger partial charge in [-0.2, -0.15) is 0 Å². The van der Waals surface area contributed by atoms with Crippen LogP contribution in [0.5, 0.6) is 0 Å². The van der Waals surface area contributed by atoms with Crippen LogP contribution in [-0.4, -0.2) is 24.2 Å². The fourth-order valence-electron chi connectivity index (χ4n) is 1.66. The van der Waals surface area contributed by atoms with Crippen LogP contribution >= 0.6 is 11.8 Å². The molecule has 0 atom stereocenters. The number of hydrogen-bond donors (Lipinski definition) is 4. The summed E-state index contributed by atoms with van der Waals surface area (Å²) in [6.45, 7) is 0.489. The number of hydrazine groups is 1. The molecule has 3 amide bonds. The lowest BCUT2D eigenvalue weighted by Gasteiger charge is -2.17. The van der Waals surface area contributed by atoms with Crippen LogP contribution in [0.25, 0.3) is 0 Å². The number of nitrogens with two attached hydrogens (primary N) is 1. The molecule has 0 aliphatic carbocycles. The summed E-state index contributed by atoms with van der Waals surface area (Å²) >= 11 is 1.53. The van der Waals surface area contributed by atoms with Crippen molar-refractivity contribution < 1.29 is 9.59 Å². The smallest absolute Gasteiger partial charge is 0.328 e. The van der Waals surface area contributed by atoms with E-state index in [4.69, 9.17) is 5.84 Å². The number of fused-ring (bicyclic) bond motifs is 1. The van der Waals surface area contributed by atoms with Crippen molar-refractivity contribution in [3.05, 3.63) is 23.8 Å². The highest BCUT2D eigenvalue weighted by Crippen LogP contribution is 2.31. The lowest BCUT2D eigenvalue weighted by molar-refractivity contribution is -0.113. The number of rotatable bonds is 3. The monoisotopic (exact) mass is 266 g/mol. The molecule has 1 heterocycles. The third-order valence-corrected chi connectivity index (χ3v) is 3.58. The third-order valence-electron chi connectivity index (χ3n) is 2.51. The fourth-order valence-corrected chi connectivity index (χ4v) is 2.45. The van der Waals surface area contributed by atoms with Crippen molar-refractivity contribution in [2.45, 2.75) is 11.3 Å². The van der Waals surface area contributed by atoms with E-state index >= 15 is 0 Å². The summed E-state index contributed by atoms with van der Waals surface area (Å²) in [5, 5.41) is 5.43. The van der Waals surface area contributed by atoms with Gasteiger partial charge < -0.3 is 10.6 Å². The molecule has 1 aliphatic heterocycles. The lowest BCUT2D eigenvalue weighted by atomic mass is 10.1. The topological polar surface area (TPSA) is 96.2 Å². The van der Waals surface area contributed by atoms with E-state index in [0.29, 0.717) is 18.7 Å². The highest BCUT2D eigenvalue weighted by atomic mass is 32.2. The number of carbonyl (C=O) groups is 2. The summed E-state index contributed by atoms with van der Waals surface area (Å²) in [5.74, 6) is 5.43. The molecule has 18 heavy (non-hydrogen) atoms. The van der Waals surface area contributed by atoms with Gasteiger partial charge in [0.15, 0.2) is 0 Å². The van der Waals surface area contributed by atoms with Gasteiger partial charge in [0.25, 0.3) is 0 Å². The van der Waals surface area contributed by atoms with Gasteiger partial charge in [-0.1, -0.05) is 6.07 Å². The Morgan fingerprint density at radius 1 is 1.50 bits per heavy atom. The number of thioether (sulfide) groups is 1. The largest absolute Gasteiger partial charge is 0.337 e. The number of urea groups is 1. The van der Waals surface area contributed by atoms with E-state index < -0.39 is 6.03 Å². The normalized spacial score (nSPS) is 13.5. The van der Waals surface area contributed by atoms with Crippen LogP contribution in [0.3, 0.4) is 0 Å². The minimum absolute atomic E-state index is 0.0188. The molecule has 1 aromatic rings. The number of benzene rings is 1. The summed E-state index contributed by atoms with van der Waals surface area (Å²) in [4.78, 5) is 23.2. The van der Waals surface area contributed by atoms with Crippen molar-refractivity contribution in [2.75, 3.05) is 17.6 Å². The van der Waals surface area contributed by atoms with Crippen molar-refractivity contribution in [3.8, 4) is 0 Å². The van der Waals surface area contributed by atoms with E-state index in [1.807, 2.05) is 23.6 Å². The van der Waals surface area contributed by atoms with Gasteiger partial charge in [-0.05, 0) is 24.1 Å². The molecule has 1 aliphatic rings. The van der Waals surface area contributed by atoms with Crippen LogP contribution < -0.4 is 21.9 Å². The standard InChI is InChI=1S/C11H14N4O2S/c12-15-11(17)13-4-3-7-1-2-9-8(5-7)14-10(16)6-18-9/h1-2,5H,3-4,6,12H2,(H,14,16)(H2,13,15,17). The van der Waals surface area contributed by atoms with Gasteiger partial charge in [-0.25, -0.2) is 10.6 Å². The van der Waals surface area contributed by atoms with Crippen molar-refractivity contribution in [1.29, 1.82) is 0 Å². The maximum Gasteiger partial charge on any atom is 0.328 e. The SMILES string of the molecule is NNC(=O)NCCc1ccc2c(c1)NC(=O)CS2. The van der Waals surface area contributed by atoms with Crippen molar-refractivity contribution in [2.24, 2.45) is 5.84 Å². The molecule has 0 aromatic heterocycles. The van der Waals surface area contributed by atoms with E-state index in [1.165, 1.54) is 11.8 Å². The summed E-state index contributed by atoms with van der Waals surface area (Å²) < 4.78 is 0. The predicted octanol–water partition coefficient (Wildman–Crippen LogP) is 0.446. The summed E-state index contributed by atoms with van der Waals surface area (Å²) in [7, 11) is 0. The van der Waals surface area contributed by atoms with Gasteiger partial charge in [-0.15, -0.1) is 11.8 Å². The molecule has 0 fully saturated rings. The molecule has 0 spiro atoms. The maximum absolute atomic E-state index is 11.3. The average molecular weight is 266 g/mol. The third kappa shape index (κ3) is 3.14. The van der Waals surface area contributed by atoms with Crippen LogP contribution in [0, 0.1) is 0 Å². The minimum atomic E-state index is -0.406. The van der Waals surface area contributed by atoms with Gasteiger partial charge >= 0.3 is 6.03 Å². The molecule has 6 nitrogen and oxygen atoms in total. The molecule has 0 unspecified atom stereocenters. The molecule has 0 radical (unpaired) electrons. The summed E-state index contributed by atoms with van der Waals surface area (Å²) in [6, 6.07) is 5.50. The number of carbonyl (C=O) groups excluding carboxylic acids is 2. The molecule has 0 saturated carbocycles. The lowest BCUT2D eigenvalue weighted by Crippen LogP contribution is -2.40. The van der Waals surface area contributed by atoms with E-state index in [1.54, 1.807) is 0 Å². The quantitative estimate of drug-likeness (QED) is 0.363. The van der Waals surface area contributed by atoms with E-state index in [0.717, 1.165) is 16.1 Å². The second-order valence-electron chi connectivity index (χ2n) is 3.82. The van der Waals surface area contributed by atoms with E-state index in [2.05, 4.69) is 10.6 Å². The summed E-state index contributed by atoms with van der Waals surface area (Å²) in [6.07, 6.45) is 0.682. The van der Waals surface area contributed by atoms with Crippen LogP contribution in [0.2, 0.25) is 0 Å². The first-order chi connectivity index (χ1) is 8.69. The number of nitrogens with one attached hydrogen (secondary N) is 3. The second kappa shape index (κ2) is 5.74. The summed E-state index contributed by atoms with van der Waals surface area (Å²) in [5.41, 5.74) is 3.89. The molecular formula is C11H14N4O2S. The van der Waals surface area contributed by atoms with Gasteiger partial charge in [0.05, 0.1) is 11.4 Å². The molecule has 7 heteroatoms. The number of hydrogen-bond acceptors (Lipinski definition) is 4. The maximum atomic E-state index is 11.3. The fraction of sp³-hybridized carbons (Fsp3) is 0.273. The van der Waals surface area contributed by atoms with Gasteiger partial charge in [-0.3, -0.25) is 10.2 Å². The number of anilines is 1. The van der Waals surface area contributed by atoms with Crippen molar-refractivity contribution >= 4 is 29.4 Å². The van der Waals surface area contributed by atoms with Crippen LogP contribution in [0.15, 0.2) is 23.1 Å². The zero-order chi connectivity index (χ0) is 13.0. The van der Waals surface area contributed by atoms with Gasteiger partial charge in [0, 0.05) is 11.4 Å².